The molecule has 8 aromatic carbocycles. The third-order valence-electron chi connectivity index (χ3n) is 12.4. The first-order valence-corrected chi connectivity index (χ1v) is 21.3. The van der Waals surface area contributed by atoms with E-state index in [2.05, 4.69) is 212 Å². The van der Waals surface area contributed by atoms with Crippen molar-refractivity contribution >= 4 is 76.9 Å². The van der Waals surface area contributed by atoms with Crippen LogP contribution in [0, 0.1) is 0 Å². The highest BCUT2D eigenvalue weighted by Crippen LogP contribution is 2.46. The van der Waals surface area contributed by atoms with Crippen molar-refractivity contribution in [3.8, 4) is 5.69 Å². The van der Waals surface area contributed by atoms with E-state index in [1.54, 1.807) is 0 Å². The van der Waals surface area contributed by atoms with Crippen molar-refractivity contribution in [3.05, 3.63) is 234 Å². The van der Waals surface area contributed by atoms with Crippen molar-refractivity contribution in [2.75, 3.05) is 11.9 Å². The van der Waals surface area contributed by atoms with Crippen LogP contribution in [0.25, 0.3) is 76.9 Å². The summed E-state index contributed by atoms with van der Waals surface area (Å²) in [7, 11) is 2.13. The predicted molar refractivity (Wildman–Crippen MR) is 261 cm³/mol. The summed E-state index contributed by atoms with van der Waals surface area (Å²) in [5.74, 6) is 0. The number of benzene rings is 8. The summed E-state index contributed by atoms with van der Waals surface area (Å²) >= 11 is 0. The van der Waals surface area contributed by atoms with Crippen molar-refractivity contribution in [1.82, 2.24) is 4.57 Å². The number of aromatic nitrogens is 1. The smallest absolute Gasteiger partial charge is 0.140 e. The van der Waals surface area contributed by atoms with Crippen LogP contribution in [-0.2, 0) is 12.8 Å². The fraction of sp³-hybridized carbons (Fsp3) is 0.0690. The zero-order valence-corrected chi connectivity index (χ0v) is 34.8. The van der Waals surface area contributed by atoms with Gasteiger partial charge in [0.25, 0.3) is 0 Å². The quantitative estimate of drug-likeness (QED) is 0.129. The number of nitrogens with zero attached hydrogens (tertiary/aromatic N) is 2. The van der Waals surface area contributed by atoms with Crippen LogP contribution in [0.1, 0.15) is 34.7 Å². The molecule has 0 bridgehead atoms. The Morgan fingerprint density at radius 3 is 1.61 bits per heavy atom. The molecule has 62 heavy (non-hydrogen) atoms. The minimum Gasteiger partial charge on any atom is -0.456 e. The average molecular weight is 801 g/mol. The van der Waals surface area contributed by atoms with E-state index in [0.29, 0.717) is 12.8 Å². The van der Waals surface area contributed by atoms with E-state index in [4.69, 9.17) is 8.83 Å². The average Bonchev–Trinajstić information content (AvgIpc) is 4.01. The molecule has 0 radical (unpaired) electrons. The lowest BCUT2D eigenvalue weighted by Crippen LogP contribution is -2.16. The van der Waals surface area contributed by atoms with Gasteiger partial charge in [0.2, 0.25) is 0 Å². The highest BCUT2D eigenvalue weighted by molar-refractivity contribution is 6.20. The number of likely N-dealkylation sites (N-methyl/N-ethyl adjacent to an activating group) is 1. The van der Waals surface area contributed by atoms with Crippen LogP contribution in [0.3, 0.4) is 0 Å². The van der Waals surface area contributed by atoms with Crippen molar-refractivity contribution in [2.24, 2.45) is 0 Å². The molecule has 0 N–H and O–H groups in total. The van der Waals surface area contributed by atoms with Gasteiger partial charge in [0.05, 0.1) is 11.0 Å². The zero-order chi connectivity index (χ0) is 41.7. The number of anilines is 1. The van der Waals surface area contributed by atoms with Crippen molar-refractivity contribution in [3.63, 3.8) is 0 Å². The van der Waals surface area contributed by atoms with Crippen LogP contribution in [0.4, 0.5) is 5.69 Å². The van der Waals surface area contributed by atoms with E-state index >= 15 is 0 Å². The number of rotatable bonds is 10. The topological polar surface area (TPSA) is 34.5 Å². The molecular weight excluding hydrogens is 757 g/mol. The monoisotopic (exact) mass is 800 g/mol. The van der Waals surface area contributed by atoms with Crippen molar-refractivity contribution < 1.29 is 8.83 Å². The van der Waals surface area contributed by atoms with Gasteiger partial charge in [-0.15, -0.1) is 0 Å². The largest absolute Gasteiger partial charge is 0.456 e. The summed E-state index contributed by atoms with van der Waals surface area (Å²) in [5, 5.41) is 6.77. The number of allylic oxidation sites excluding steroid dienone is 4. The van der Waals surface area contributed by atoms with Gasteiger partial charge in [-0.05, 0) is 78.2 Å². The van der Waals surface area contributed by atoms with Gasteiger partial charge in [0.15, 0.2) is 0 Å². The lowest BCUT2D eigenvalue weighted by molar-refractivity contribution is 0.657. The van der Waals surface area contributed by atoms with Crippen LogP contribution in [0.2, 0.25) is 0 Å². The minimum absolute atomic E-state index is 0.673. The van der Waals surface area contributed by atoms with Gasteiger partial charge in [0.1, 0.15) is 22.3 Å². The van der Waals surface area contributed by atoms with Gasteiger partial charge in [-0.3, -0.25) is 0 Å². The lowest BCUT2D eigenvalue weighted by atomic mass is 9.91. The first-order valence-electron chi connectivity index (χ1n) is 21.3. The molecule has 0 saturated carbocycles. The third-order valence-corrected chi connectivity index (χ3v) is 12.4. The Hall–Kier alpha value is -7.82. The second kappa shape index (κ2) is 15.3. The second-order valence-corrected chi connectivity index (χ2v) is 16.1. The molecule has 0 aliphatic heterocycles. The van der Waals surface area contributed by atoms with Crippen LogP contribution in [0.15, 0.2) is 215 Å². The lowest BCUT2D eigenvalue weighted by Gasteiger charge is -2.24. The van der Waals surface area contributed by atoms with Gasteiger partial charge in [0, 0.05) is 86.0 Å². The molecule has 0 unspecified atom stereocenters. The molecule has 0 saturated heterocycles. The highest BCUT2D eigenvalue weighted by atomic mass is 16.3. The maximum absolute atomic E-state index is 7.16. The molecule has 0 spiro atoms. The standard InChI is InChI=1S/C58H44N2O2/c1-4-19-50(43(5-2)40-24-13-8-14-25-40)59(3)41-30-32-53-46(36-41)55-48(34-38-20-9-6-10-21-38)58-56(49(57(55)61-53)35-39-22-11-7-12-23-39)47-37-42(31-33-54(47)62-58)60-51-28-17-15-26-44(51)45-27-16-18-29-52(45)60/h4-33,36-37H,2,34-35H2,1,3H3/b19-4-,50-43-. The van der Waals surface area contributed by atoms with Crippen LogP contribution in [0.5, 0.6) is 0 Å². The molecule has 0 fully saturated rings. The van der Waals surface area contributed by atoms with Gasteiger partial charge in [-0.2, -0.15) is 0 Å². The highest BCUT2D eigenvalue weighted by Gasteiger charge is 2.26. The molecule has 298 valence electrons. The summed E-state index contributed by atoms with van der Waals surface area (Å²) in [4.78, 5) is 2.25. The summed E-state index contributed by atoms with van der Waals surface area (Å²) in [6.45, 7) is 6.30. The fourth-order valence-electron chi connectivity index (χ4n) is 9.58. The van der Waals surface area contributed by atoms with Crippen LogP contribution >= 0.6 is 0 Å². The Balaban J connectivity index is 1.21. The number of furan rings is 2. The molecule has 3 aromatic heterocycles. The molecule has 0 amide bonds. The molecule has 4 heteroatoms. The normalized spacial score (nSPS) is 12.4. The summed E-state index contributed by atoms with van der Waals surface area (Å²) < 4.78 is 16.7. The molecule has 0 aliphatic carbocycles. The van der Waals surface area contributed by atoms with E-state index < -0.39 is 0 Å². The molecule has 4 nitrogen and oxygen atoms in total. The number of para-hydroxylation sites is 2. The van der Waals surface area contributed by atoms with E-state index in [0.717, 1.165) is 83.2 Å². The van der Waals surface area contributed by atoms with Gasteiger partial charge in [-0.1, -0.05) is 146 Å². The third kappa shape index (κ3) is 6.14. The first kappa shape index (κ1) is 37.2. The fourth-order valence-corrected chi connectivity index (χ4v) is 9.58. The molecular formula is C58H44N2O2. The SMILES string of the molecule is C=C/C(=C(\C=C/C)N(C)c1ccc2oc3c(Cc4ccccc4)c4c(oc5ccc(-n6c7ccccc7c7ccccc76)cc54)c(Cc4ccccc4)c3c2c1)c1ccccc1. The van der Waals surface area contributed by atoms with E-state index in [9.17, 15) is 0 Å². The molecule has 11 aromatic rings. The van der Waals surface area contributed by atoms with Gasteiger partial charge in [-0.25, -0.2) is 0 Å². The Morgan fingerprint density at radius 2 is 1.06 bits per heavy atom. The number of hydrogen-bond acceptors (Lipinski definition) is 3. The number of fused-ring (bicyclic) bond motifs is 9. The van der Waals surface area contributed by atoms with Crippen LogP contribution in [-0.4, -0.2) is 11.6 Å². The van der Waals surface area contributed by atoms with Gasteiger partial charge >= 0.3 is 0 Å². The summed E-state index contributed by atoms with van der Waals surface area (Å²) in [6.07, 6.45) is 7.54. The Labute approximate surface area is 360 Å². The molecule has 3 heterocycles. The maximum Gasteiger partial charge on any atom is 0.140 e. The molecule has 0 atom stereocenters. The predicted octanol–water partition coefficient (Wildman–Crippen LogP) is 15.4. The number of hydrogen-bond donors (Lipinski definition) is 0. The zero-order valence-electron chi connectivity index (χ0n) is 34.8. The summed E-state index contributed by atoms with van der Waals surface area (Å²) in [5.41, 5.74) is 15.8. The van der Waals surface area contributed by atoms with E-state index in [1.165, 1.54) is 32.9 Å². The van der Waals surface area contributed by atoms with E-state index in [1.807, 2.05) is 12.1 Å². The summed E-state index contributed by atoms with van der Waals surface area (Å²) in [6, 6.07) is 62.5. The Kier molecular flexibility index (Phi) is 9.20. The van der Waals surface area contributed by atoms with E-state index in [-0.39, 0.29) is 0 Å². The Morgan fingerprint density at radius 1 is 0.565 bits per heavy atom. The van der Waals surface area contributed by atoms with Crippen molar-refractivity contribution in [2.45, 2.75) is 19.8 Å². The molecule has 0 aliphatic rings. The second-order valence-electron chi connectivity index (χ2n) is 16.1. The van der Waals surface area contributed by atoms with Gasteiger partial charge < -0.3 is 18.3 Å². The molecule has 11 rings (SSSR count). The minimum atomic E-state index is 0.673. The Bertz CT molecular complexity index is 3490. The van der Waals surface area contributed by atoms with Crippen molar-refractivity contribution in [1.29, 1.82) is 0 Å². The maximum atomic E-state index is 7.16. The first-order chi connectivity index (χ1) is 30.6. The van der Waals surface area contributed by atoms with Crippen LogP contribution < -0.4 is 4.90 Å².